The second kappa shape index (κ2) is 8.96. The number of hydrogen-bond donors (Lipinski definition) is 3. The topological polar surface area (TPSA) is 207 Å². The highest BCUT2D eigenvalue weighted by Crippen LogP contribution is 1.99. The van der Waals surface area contributed by atoms with E-state index in [0.29, 0.717) is 23.7 Å². The van der Waals surface area contributed by atoms with Crippen molar-refractivity contribution in [2.75, 3.05) is 5.73 Å². The standard InChI is InChI=1S/C5H5N5.C4H4O4.2H2O/c6-4-1-2-7-5-8-3-9-10(4)5;5-3(6)1-2-4(7)8;;/h1-3H,6H2;1-2H,(H,5,6)(H,7,8);2*1H2/b;2-1+;;. The van der Waals surface area contributed by atoms with Gasteiger partial charge in [-0.15, -0.1) is 0 Å². The number of carboxylic acid groups (broad SMARTS) is 2. The van der Waals surface area contributed by atoms with Crippen molar-refractivity contribution in [2.24, 2.45) is 0 Å². The average molecular weight is 287 g/mol. The Balaban J connectivity index is 0. The maximum Gasteiger partial charge on any atom is 0.328 e. The van der Waals surface area contributed by atoms with Crippen LogP contribution in [0.3, 0.4) is 0 Å². The molecule has 0 atom stereocenters. The van der Waals surface area contributed by atoms with Crippen LogP contribution in [-0.2, 0) is 9.59 Å². The van der Waals surface area contributed by atoms with E-state index in [1.165, 1.54) is 10.8 Å². The molecule has 0 aliphatic carbocycles. The first-order valence-corrected chi connectivity index (χ1v) is 4.55. The largest absolute Gasteiger partial charge is 0.478 e. The molecule has 8 N–H and O–H groups in total. The van der Waals surface area contributed by atoms with Gasteiger partial charge in [0.25, 0.3) is 5.78 Å². The van der Waals surface area contributed by atoms with E-state index in [9.17, 15) is 9.59 Å². The van der Waals surface area contributed by atoms with Gasteiger partial charge in [0.15, 0.2) is 0 Å². The fourth-order valence-corrected chi connectivity index (χ4v) is 0.899. The monoisotopic (exact) mass is 287 g/mol. The summed E-state index contributed by atoms with van der Waals surface area (Å²) >= 11 is 0. The van der Waals surface area contributed by atoms with Gasteiger partial charge in [-0.3, -0.25) is 0 Å². The van der Waals surface area contributed by atoms with E-state index in [4.69, 9.17) is 15.9 Å². The van der Waals surface area contributed by atoms with Crippen LogP contribution >= 0.6 is 0 Å². The lowest BCUT2D eigenvalue weighted by Gasteiger charge is -1.92. The van der Waals surface area contributed by atoms with E-state index in [1.54, 1.807) is 12.3 Å². The van der Waals surface area contributed by atoms with Gasteiger partial charge in [-0.05, 0) is 6.07 Å². The number of nitrogen functional groups attached to an aromatic ring is 1. The molecule has 2 rings (SSSR count). The summed E-state index contributed by atoms with van der Waals surface area (Å²) in [6.07, 6.45) is 4.13. The Labute approximate surface area is 111 Å². The quantitative estimate of drug-likeness (QED) is 0.513. The summed E-state index contributed by atoms with van der Waals surface area (Å²) in [5.41, 5.74) is 5.52. The summed E-state index contributed by atoms with van der Waals surface area (Å²) in [6, 6.07) is 1.67. The van der Waals surface area contributed by atoms with Crippen molar-refractivity contribution in [1.29, 1.82) is 0 Å². The van der Waals surface area contributed by atoms with E-state index in [0.717, 1.165) is 0 Å². The summed E-state index contributed by atoms with van der Waals surface area (Å²) in [5.74, 6) is -1.44. The summed E-state index contributed by atoms with van der Waals surface area (Å²) in [4.78, 5) is 26.9. The fourth-order valence-electron chi connectivity index (χ4n) is 0.899. The molecule has 2 heterocycles. The first-order valence-electron chi connectivity index (χ1n) is 4.55. The predicted octanol–water partition coefficient (Wildman–Crippen LogP) is -2.23. The van der Waals surface area contributed by atoms with E-state index in [-0.39, 0.29) is 11.0 Å². The normalized spacial score (nSPS) is 9.00. The van der Waals surface area contributed by atoms with Gasteiger partial charge in [-0.2, -0.15) is 14.6 Å². The van der Waals surface area contributed by atoms with Crippen molar-refractivity contribution in [3.63, 3.8) is 0 Å². The number of aromatic nitrogens is 4. The third-order valence-electron chi connectivity index (χ3n) is 1.58. The van der Waals surface area contributed by atoms with Crippen molar-refractivity contribution in [3.8, 4) is 0 Å². The van der Waals surface area contributed by atoms with Crippen LogP contribution in [0.1, 0.15) is 0 Å². The SMILES string of the molecule is Nc1ccnc2ncnn12.O.O.O=C(O)/C=C/C(=O)O. The van der Waals surface area contributed by atoms with Gasteiger partial charge in [-0.1, -0.05) is 0 Å². The van der Waals surface area contributed by atoms with E-state index in [1.807, 2.05) is 0 Å². The molecule has 0 amide bonds. The minimum Gasteiger partial charge on any atom is -0.478 e. The van der Waals surface area contributed by atoms with Gasteiger partial charge in [0.05, 0.1) is 0 Å². The average Bonchev–Trinajstić information content (AvgIpc) is 2.77. The van der Waals surface area contributed by atoms with E-state index in [2.05, 4.69) is 15.1 Å². The number of aliphatic carboxylic acids is 2. The van der Waals surface area contributed by atoms with Crippen molar-refractivity contribution in [3.05, 3.63) is 30.7 Å². The molecule has 0 saturated carbocycles. The van der Waals surface area contributed by atoms with Crippen molar-refractivity contribution >= 4 is 23.5 Å². The van der Waals surface area contributed by atoms with Crippen LogP contribution in [0.25, 0.3) is 5.78 Å². The highest BCUT2D eigenvalue weighted by Gasteiger charge is 1.96. The number of hydrogen-bond acceptors (Lipinski definition) is 6. The molecule has 20 heavy (non-hydrogen) atoms. The number of nitrogens with zero attached hydrogens (tertiary/aromatic N) is 4. The third kappa shape index (κ3) is 6.04. The van der Waals surface area contributed by atoms with Gasteiger partial charge >= 0.3 is 11.9 Å². The molecule has 0 fully saturated rings. The molecule has 110 valence electrons. The number of nitrogens with two attached hydrogens (primary N) is 1. The van der Waals surface area contributed by atoms with Crippen LogP contribution in [0.2, 0.25) is 0 Å². The number of anilines is 1. The van der Waals surface area contributed by atoms with Crippen molar-refractivity contribution in [2.45, 2.75) is 0 Å². The predicted molar refractivity (Wildman–Crippen MR) is 66.8 cm³/mol. The highest BCUT2D eigenvalue weighted by atomic mass is 16.4. The van der Waals surface area contributed by atoms with Crippen molar-refractivity contribution in [1.82, 2.24) is 19.6 Å². The van der Waals surface area contributed by atoms with E-state index < -0.39 is 11.9 Å². The van der Waals surface area contributed by atoms with Gasteiger partial charge in [0, 0.05) is 18.3 Å². The van der Waals surface area contributed by atoms with Gasteiger partial charge in [0.2, 0.25) is 0 Å². The molecule has 0 unspecified atom stereocenters. The van der Waals surface area contributed by atoms with Gasteiger partial charge < -0.3 is 26.9 Å². The van der Waals surface area contributed by atoms with Crippen LogP contribution in [0.5, 0.6) is 0 Å². The Kier molecular flexibility index (Phi) is 8.64. The number of carboxylic acids is 2. The maximum absolute atomic E-state index is 9.55. The Bertz CT molecular complexity index is 579. The molecule has 11 nitrogen and oxygen atoms in total. The fraction of sp³-hybridized carbons (Fsp3) is 0. The Hall–Kier alpha value is -3.05. The first-order chi connectivity index (χ1) is 8.50. The zero-order valence-electron chi connectivity index (χ0n) is 9.96. The van der Waals surface area contributed by atoms with Gasteiger partial charge in [0.1, 0.15) is 12.1 Å². The molecule has 0 aromatic carbocycles. The lowest BCUT2D eigenvalue weighted by molar-refractivity contribution is -0.134. The second-order valence-electron chi connectivity index (χ2n) is 2.85. The molecular formula is C9H13N5O6. The zero-order chi connectivity index (χ0) is 13.5. The molecule has 11 heteroatoms. The summed E-state index contributed by atoms with van der Waals surface area (Å²) in [7, 11) is 0. The second-order valence-corrected chi connectivity index (χ2v) is 2.85. The lowest BCUT2D eigenvalue weighted by Crippen LogP contribution is -1.98. The minimum absolute atomic E-state index is 0. The van der Waals surface area contributed by atoms with Crippen LogP contribution in [0, 0.1) is 0 Å². The summed E-state index contributed by atoms with van der Waals surface area (Å²) in [5, 5.41) is 19.5. The molecular weight excluding hydrogens is 274 g/mol. The number of fused-ring (bicyclic) bond motifs is 1. The van der Waals surface area contributed by atoms with Crippen LogP contribution < -0.4 is 5.73 Å². The lowest BCUT2D eigenvalue weighted by atomic mass is 10.5. The summed E-state index contributed by atoms with van der Waals surface area (Å²) in [6.45, 7) is 0. The molecule has 0 radical (unpaired) electrons. The summed E-state index contributed by atoms with van der Waals surface area (Å²) < 4.78 is 1.47. The molecule has 0 spiro atoms. The minimum atomic E-state index is -1.26. The Morgan fingerprint density at radius 1 is 1.15 bits per heavy atom. The number of carbonyl (C=O) groups is 2. The Morgan fingerprint density at radius 2 is 1.70 bits per heavy atom. The molecule has 2 aromatic heterocycles. The molecule has 0 aliphatic heterocycles. The van der Waals surface area contributed by atoms with E-state index >= 15 is 0 Å². The van der Waals surface area contributed by atoms with Crippen LogP contribution in [0.4, 0.5) is 5.82 Å². The van der Waals surface area contributed by atoms with Crippen molar-refractivity contribution < 1.29 is 30.8 Å². The molecule has 0 aliphatic rings. The maximum atomic E-state index is 9.55. The third-order valence-corrected chi connectivity index (χ3v) is 1.58. The van der Waals surface area contributed by atoms with Crippen LogP contribution in [0.15, 0.2) is 30.7 Å². The van der Waals surface area contributed by atoms with Gasteiger partial charge in [-0.25, -0.2) is 14.6 Å². The van der Waals surface area contributed by atoms with Crippen LogP contribution in [-0.4, -0.2) is 52.7 Å². The first kappa shape index (κ1) is 19.3. The number of rotatable bonds is 2. The molecule has 0 bridgehead atoms. The highest BCUT2D eigenvalue weighted by molar-refractivity contribution is 5.89. The zero-order valence-corrected chi connectivity index (χ0v) is 9.96. The Morgan fingerprint density at radius 3 is 2.15 bits per heavy atom. The molecule has 0 saturated heterocycles. The smallest absolute Gasteiger partial charge is 0.328 e. The molecule has 2 aromatic rings.